The predicted molar refractivity (Wildman–Crippen MR) is 145 cm³/mol. The Balaban J connectivity index is 1.19. The van der Waals surface area contributed by atoms with Crippen molar-refractivity contribution in [2.75, 3.05) is 0 Å². The van der Waals surface area contributed by atoms with Crippen LogP contribution in [0.3, 0.4) is 0 Å². The van der Waals surface area contributed by atoms with Crippen LogP contribution < -0.4 is 5.32 Å². The first kappa shape index (κ1) is 27.9. The lowest BCUT2D eigenvalue weighted by atomic mass is 9.44. The van der Waals surface area contributed by atoms with Crippen LogP contribution in [0.15, 0.2) is 0 Å². The molecule has 7 heteroatoms. The number of rotatable bonds is 6. The molecule has 0 aromatic carbocycles. The summed E-state index contributed by atoms with van der Waals surface area (Å²) in [6.45, 7) is 7.44. The highest BCUT2D eigenvalue weighted by Crippen LogP contribution is 2.68. The minimum atomic E-state index is -4.14. The number of aliphatic hydroxyl groups is 1. The Kier molecular flexibility index (Phi) is 7.83. The van der Waals surface area contributed by atoms with Crippen molar-refractivity contribution in [2.45, 2.75) is 134 Å². The lowest BCUT2D eigenvalue weighted by molar-refractivity contribution is -0.130. The molecule has 0 saturated heterocycles. The molecule has 0 radical (unpaired) electrons. The second-order valence-electron chi connectivity index (χ2n) is 14.3. The van der Waals surface area contributed by atoms with Gasteiger partial charge in [0.1, 0.15) is 5.25 Å². The Hall–Kier alpha value is -0.660. The average Bonchev–Trinajstić information content (AvgIpc) is 3.20. The van der Waals surface area contributed by atoms with Crippen molar-refractivity contribution in [3.63, 3.8) is 0 Å². The fourth-order valence-corrected chi connectivity index (χ4v) is 11.8. The first-order valence-electron chi connectivity index (χ1n) is 15.4. The van der Waals surface area contributed by atoms with E-state index in [1.807, 2.05) is 0 Å². The van der Waals surface area contributed by atoms with E-state index in [9.17, 15) is 22.9 Å². The minimum Gasteiger partial charge on any atom is -0.393 e. The molecule has 5 aliphatic carbocycles. The van der Waals surface area contributed by atoms with Gasteiger partial charge in [-0.1, -0.05) is 33.6 Å². The average molecular weight is 538 g/mol. The van der Waals surface area contributed by atoms with Crippen LogP contribution in [0.2, 0.25) is 0 Å². The van der Waals surface area contributed by atoms with Gasteiger partial charge in [-0.05, 0) is 123 Å². The summed E-state index contributed by atoms with van der Waals surface area (Å²) in [7, 11) is -4.14. The summed E-state index contributed by atoms with van der Waals surface area (Å²) in [6.07, 6.45) is 14.9. The van der Waals surface area contributed by atoms with E-state index in [1.165, 1.54) is 44.9 Å². The molecule has 0 spiro atoms. The molecule has 3 N–H and O–H groups in total. The standard InChI is InChI=1S/C30H51NO5S/c1-19(8-13-28(33)31-26-6-4-5-7-27(26)37(34,35)36)23-11-12-24-22-10-9-20-18-21(32)14-16-29(20,2)25(22)15-17-30(23,24)3/h19-27,32H,4-18H2,1-3H3,(H,31,33)(H,34,35,36)/t19-,20-,21-,22+,23-,24+,25+,26-,27+,29+,30-/m1/s1. The number of carbonyl (C=O) groups is 1. The predicted octanol–water partition coefficient (Wildman–Crippen LogP) is 5.74. The van der Waals surface area contributed by atoms with Gasteiger partial charge in [0.05, 0.1) is 6.10 Å². The van der Waals surface area contributed by atoms with Crippen molar-refractivity contribution in [3.8, 4) is 0 Å². The van der Waals surface area contributed by atoms with E-state index in [4.69, 9.17) is 0 Å². The topological polar surface area (TPSA) is 104 Å². The first-order valence-corrected chi connectivity index (χ1v) is 16.9. The molecule has 5 fully saturated rings. The van der Waals surface area contributed by atoms with Crippen LogP contribution in [0.4, 0.5) is 0 Å². The Morgan fingerprint density at radius 2 is 1.65 bits per heavy atom. The van der Waals surface area contributed by atoms with Crippen LogP contribution >= 0.6 is 0 Å². The Labute approximate surface area is 224 Å². The second-order valence-corrected chi connectivity index (χ2v) is 16.0. The summed E-state index contributed by atoms with van der Waals surface area (Å²) >= 11 is 0. The van der Waals surface area contributed by atoms with Gasteiger partial charge in [-0.2, -0.15) is 8.42 Å². The van der Waals surface area contributed by atoms with Gasteiger partial charge < -0.3 is 10.4 Å². The lowest BCUT2D eigenvalue weighted by Crippen LogP contribution is -2.54. The maximum atomic E-state index is 12.8. The zero-order chi connectivity index (χ0) is 26.6. The molecule has 0 aliphatic heterocycles. The number of aliphatic hydroxyl groups excluding tert-OH is 1. The number of nitrogens with one attached hydrogen (secondary N) is 1. The number of hydrogen-bond acceptors (Lipinski definition) is 4. The summed E-state index contributed by atoms with van der Waals surface area (Å²) in [6, 6.07) is -0.465. The molecule has 1 amide bonds. The Morgan fingerprint density at radius 1 is 0.946 bits per heavy atom. The summed E-state index contributed by atoms with van der Waals surface area (Å²) < 4.78 is 33.2. The van der Waals surface area contributed by atoms with Crippen molar-refractivity contribution in [1.82, 2.24) is 5.32 Å². The molecule has 5 rings (SSSR count). The highest BCUT2D eigenvalue weighted by atomic mass is 32.2. The van der Waals surface area contributed by atoms with Crippen LogP contribution in [-0.4, -0.2) is 41.4 Å². The number of amides is 1. The van der Waals surface area contributed by atoms with Crippen LogP contribution in [0.5, 0.6) is 0 Å². The highest BCUT2D eigenvalue weighted by molar-refractivity contribution is 7.86. The SMILES string of the molecule is C[C@H](CCC(=O)N[C@@H]1CCCC[C@@H]1S(=O)(=O)O)[C@H]1CC[C@H]2[C@@H]3CC[C@@H]4C[C@H](O)CC[C@]4(C)[C@H]3CC[C@]12C. The van der Waals surface area contributed by atoms with Crippen LogP contribution in [0.1, 0.15) is 117 Å². The smallest absolute Gasteiger partial charge is 0.269 e. The van der Waals surface area contributed by atoms with Gasteiger partial charge in [-0.3, -0.25) is 9.35 Å². The van der Waals surface area contributed by atoms with Crippen LogP contribution in [0, 0.1) is 46.3 Å². The molecule has 5 saturated carbocycles. The molecule has 0 bridgehead atoms. The normalized spacial score (nSPS) is 46.8. The first-order chi connectivity index (χ1) is 17.4. The van der Waals surface area contributed by atoms with E-state index in [-0.39, 0.29) is 12.0 Å². The molecule has 11 atom stereocenters. The van der Waals surface area contributed by atoms with Crippen LogP contribution in [-0.2, 0) is 14.9 Å². The fraction of sp³-hybridized carbons (Fsp3) is 0.967. The van der Waals surface area contributed by atoms with Crippen molar-refractivity contribution in [3.05, 3.63) is 0 Å². The van der Waals surface area contributed by atoms with Crippen molar-refractivity contribution < 1.29 is 22.9 Å². The summed E-state index contributed by atoms with van der Waals surface area (Å²) in [5.74, 6) is 4.16. The van der Waals surface area contributed by atoms with Crippen molar-refractivity contribution in [2.24, 2.45) is 46.3 Å². The van der Waals surface area contributed by atoms with Crippen molar-refractivity contribution in [1.29, 1.82) is 0 Å². The molecule has 0 aromatic rings. The molecule has 5 aliphatic rings. The zero-order valence-electron chi connectivity index (χ0n) is 23.3. The molecule has 0 aromatic heterocycles. The monoisotopic (exact) mass is 537 g/mol. The molecule has 212 valence electrons. The van der Waals surface area contributed by atoms with Gasteiger partial charge in [-0.25, -0.2) is 0 Å². The molecular weight excluding hydrogens is 486 g/mol. The van der Waals surface area contributed by atoms with E-state index in [0.29, 0.717) is 47.8 Å². The van der Waals surface area contributed by atoms with E-state index >= 15 is 0 Å². The molecule has 0 unspecified atom stereocenters. The van der Waals surface area contributed by atoms with E-state index in [1.54, 1.807) is 0 Å². The van der Waals surface area contributed by atoms with E-state index < -0.39 is 21.4 Å². The summed E-state index contributed by atoms with van der Waals surface area (Å²) in [5, 5.41) is 12.4. The van der Waals surface area contributed by atoms with Crippen molar-refractivity contribution >= 4 is 16.0 Å². The quantitative estimate of drug-likeness (QED) is 0.375. The van der Waals surface area contributed by atoms with Gasteiger partial charge in [0.15, 0.2) is 0 Å². The molecular formula is C30H51NO5S. The molecule has 6 nitrogen and oxygen atoms in total. The third kappa shape index (κ3) is 5.15. The Bertz CT molecular complexity index is 954. The third-order valence-corrected chi connectivity index (χ3v) is 14.0. The van der Waals surface area contributed by atoms with Gasteiger partial charge in [0, 0.05) is 12.5 Å². The Morgan fingerprint density at radius 3 is 2.41 bits per heavy atom. The van der Waals surface area contributed by atoms with E-state index in [0.717, 1.165) is 49.9 Å². The van der Waals surface area contributed by atoms with Gasteiger partial charge >= 0.3 is 0 Å². The van der Waals surface area contributed by atoms with Gasteiger partial charge in [0.2, 0.25) is 5.91 Å². The maximum Gasteiger partial charge on any atom is 0.269 e. The van der Waals surface area contributed by atoms with Crippen LogP contribution in [0.25, 0.3) is 0 Å². The minimum absolute atomic E-state index is 0.0680. The fourth-order valence-electron chi connectivity index (χ4n) is 10.7. The van der Waals surface area contributed by atoms with Gasteiger partial charge in [-0.15, -0.1) is 0 Å². The molecule has 37 heavy (non-hydrogen) atoms. The maximum absolute atomic E-state index is 12.8. The number of hydrogen-bond donors (Lipinski definition) is 3. The molecule has 0 heterocycles. The third-order valence-electron chi connectivity index (χ3n) is 12.7. The number of fused-ring (bicyclic) bond motifs is 5. The summed E-state index contributed by atoms with van der Waals surface area (Å²) in [4.78, 5) is 12.8. The largest absolute Gasteiger partial charge is 0.393 e. The van der Waals surface area contributed by atoms with E-state index in [2.05, 4.69) is 26.1 Å². The summed E-state index contributed by atoms with van der Waals surface area (Å²) in [5.41, 5.74) is 0.762. The highest BCUT2D eigenvalue weighted by Gasteiger charge is 2.60. The second kappa shape index (κ2) is 10.4. The number of carbonyl (C=O) groups excluding carboxylic acids is 1. The lowest BCUT2D eigenvalue weighted by Gasteiger charge is -2.61. The van der Waals surface area contributed by atoms with Gasteiger partial charge in [0.25, 0.3) is 10.1 Å². The zero-order valence-corrected chi connectivity index (χ0v) is 24.1.